The lowest BCUT2D eigenvalue weighted by Crippen LogP contribution is -1.93. The maximum atomic E-state index is 9.95. The summed E-state index contributed by atoms with van der Waals surface area (Å²) in [5.41, 5.74) is 0. The van der Waals surface area contributed by atoms with E-state index in [0.717, 1.165) is 0 Å². The average molecular weight is 86.1 g/mol. The van der Waals surface area contributed by atoms with Crippen LogP contribution < -0.4 is 0 Å². The third kappa shape index (κ3) is 0.381. The molecule has 0 aromatic rings. The van der Waals surface area contributed by atoms with Crippen LogP contribution in [0.15, 0.2) is 12.5 Å². The molecule has 32 valence electrons. The summed E-state index contributed by atoms with van der Waals surface area (Å²) in [7, 11) is 0. The van der Waals surface area contributed by atoms with Gasteiger partial charge in [0.05, 0.1) is 4.76 Å². The van der Waals surface area contributed by atoms with Crippen LogP contribution in [0.25, 0.3) is 0 Å². The van der Waals surface area contributed by atoms with Crippen molar-refractivity contribution in [2.24, 2.45) is 0 Å². The van der Waals surface area contributed by atoms with Crippen LogP contribution in [0, 0.1) is 4.91 Å². The van der Waals surface area contributed by atoms with E-state index >= 15 is 0 Å². The first-order chi connectivity index (χ1) is 2.89. The summed E-state index contributed by atoms with van der Waals surface area (Å²) in [6.07, 6.45) is 2.70. The van der Waals surface area contributed by atoms with Crippen LogP contribution >= 0.6 is 0 Å². The molecule has 0 saturated carbocycles. The van der Waals surface area contributed by atoms with Crippen molar-refractivity contribution in [3.63, 3.8) is 0 Å². The topological polar surface area (TPSA) is 29.3 Å². The van der Waals surface area contributed by atoms with Crippen LogP contribution in [-0.2, 0) is 4.74 Å². The standard InChI is InChI=1S/C3H4NO2/c5-4-1-2-6-3-4/h1-2H,3H2/q+1. The highest BCUT2D eigenvalue weighted by Crippen LogP contribution is 1.88. The van der Waals surface area contributed by atoms with Gasteiger partial charge >= 0.3 is 6.73 Å². The van der Waals surface area contributed by atoms with Crippen molar-refractivity contribution in [1.29, 1.82) is 0 Å². The van der Waals surface area contributed by atoms with Gasteiger partial charge in [0, 0.05) is 4.91 Å². The lowest BCUT2D eigenvalue weighted by molar-refractivity contribution is -0.500. The predicted octanol–water partition coefficient (Wildman–Crippen LogP) is 0.224. The first-order valence-corrected chi connectivity index (χ1v) is 1.61. The van der Waals surface area contributed by atoms with Gasteiger partial charge in [0.1, 0.15) is 0 Å². The van der Waals surface area contributed by atoms with Crippen LogP contribution in [0.3, 0.4) is 0 Å². The fourth-order valence-corrected chi connectivity index (χ4v) is 0.270. The maximum Gasteiger partial charge on any atom is 0.339 e. The summed E-state index contributed by atoms with van der Waals surface area (Å²) >= 11 is 0. The molecule has 0 amide bonds. The van der Waals surface area contributed by atoms with Crippen molar-refractivity contribution in [1.82, 2.24) is 0 Å². The Kier molecular flexibility index (Phi) is 0.602. The molecule has 3 nitrogen and oxygen atoms in total. The van der Waals surface area contributed by atoms with Gasteiger partial charge in [0.25, 0.3) is 6.20 Å². The second-order valence-electron chi connectivity index (χ2n) is 0.998. The van der Waals surface area contributed by atoms with E-state index in [9.17, 15) is 4.91 Å². The highest BCUT2D eigenvalue weighted by Gasteiger charge is 2.07. The highest BCUT2D eigenvalue weighted by molar-refractivity contribution is 4.60. The molecular weight excluding hydrogens is 82.0 g/mol. The molecule has 1 rings (SSSR count). The molecule has 1 aliphatic rings. The van der Waals surface area contributed by atoms with Crippen molar-refractivity contribution in [2.75, 3.05) is 6.73 Å². The Balaban J connectivity index is 2.59. The molecule has 0 fully saturated rings. The minimum Gasteiger partial charge on any atom is -0.434 e. The SMILES string of the molecule is O=[N+]1C=COC1. The van der Waals surface area contributed by atoms with Gasteiger partial charge in [-0.25, -0.2) is 0 Å². The van der Waals surface area contributed by atoms with Crippen molar-refractivity contribution in [3.8, 4) is 0 Å². The fraction of sp³-hybridized carbons (Fsp3) is 0.333. The Morgan fingerprint density at radius 1 is 1.83 bits per heavy atom. The molecule has 6 heavy (non-hydrogen) atoms. The molecule has 0 atom stereocenters. The van der Waals surface area contributed by atoms with E-state index in [-0.39, 0.29) is 6.73 Å². The first kappa shape index (κ1) is 3.33. The molecule has 1 heterocycles. The molecule has 0 bridgehead atoms. The lowest BCUT2D eigenvalue weighted by atomic mass is 11.0. The predicted molar refractivity (Wildman–Crippen MR) is 18.7 cm³/mol. The monoisotopic (exact) mass is 86.0 g/mol. The Morgan fingerprint density at radius 2 is 2.67 bits per heavy atom. The van der Waals surface area contributed by atoms with E-state index < -0.39 is 0 Å². The van der Waals surface area contributed by atoms with Gasteiger partial charge in [-0.3, -0.25) is 0 Å². The van der Waals surface area contributed by atoms with Crippen LogP contribution in [0.1, 0.15) is 0 Å². The molecule has 0 spiro atoms. The second-order valence-corrected chi connectivity index (χ2v) is 0.998. The molecule has 0 unspecified atom stereocenters. The van der Waals surface area contributed by atoms with Gasteiger partial charge < -0.3 is 4.74 Å². The summed E-state index contributed by atoms with van der Waals surface area (Å²) in [6, 6.07) is 0. The number of hydrogen-bond donors (Lipinski definition) is 0. The van der Waals surface area contributed by atoms with E-state index in [1.807, 2.05) is 0 Å². The van der Waals surface area contributed by atoms with Crippen LogP contribution in [-0.4, -0.2) is 11.5 Å². The summed E-state index contributed by atoms with van der Waals surface area (Å²) in [5, 5.41) is 0. The van der Waals surface area contributed by atoms with Gasteiger partial charge in [-0.05, 0) is 0 Å². The lowest BCUT2D eigenvalue weighted by Gasteiger charge is -1.71. The number of ether oxygens (including phenoxy) is 1. The molecule has 0 N–H and O–H groups in total. The second kappa shape index (κ2) is 1.08. The Labute approximate surface area is 34.8 Å². The number of hydrogen-bond acceptors (Lipinski definition) is 2. The molecular formula is C3H4NO2+. The zero-order valence-electron chi connectivity index (χ0n) is 3.13. The summed E-state index contributed by atoms with van der Waals surface area (Å²) < 4.78 is 5.20. The van der Waals surface area contributed by atoms with Crippen molar-refractivity contribution in [2.45, 2.75) is 0 Å². The summed E-state index contributed by atoms with van der Waals surface area (Å²) in [5.74, 6) is 0. The van der Waals surface area contributed by atoms with Gasteiger partial charge in [0.2, 0.25) is 0 Å². The first-order valence-electron chi connectivity index (χ1n) is 1.61. The molecule has 0 aromatic carbocycles. The van der Waals surface area contributed by atoms with Gasteiger partial charge in [-0.1, -0.05) is 0 Å². The van der Waals surface area contributed by atoms with Crippen molar-refractivity contribution >= 4 is 0 Å². The molecule has 0 radical (unpaired) electrons. The maximum absolute atomic E-state index is 9.95. The van der Waals surface area contributed by atoms with Crippen LogP contribution in [0.2, 0.25) is 0 Å². The smallest absolute Gasteiger partial charge is 0.339 e. The molecule has 0 aliphatic carbocycles. The number of nitrogens with zero attached hydrogens (tertiary/aromatic N) is 1. The Morgan fingerprint density at radius 3 is 2.83 bits per heavy atom. The summed E-state index contributed by atoms with van der Waals surface area (Å²) in [6.45, 7) is 0.153. The average Bonchev–Trinajstić information content (AvgIpc) is 1.86. The minimum absolute atomic E-state index is 0.153. The number of rotatable bonds is 0. The van der Waals surface area contributed by atoms with E-state index in [4.69, 9.17) is 0 Å². The Bertz CT molecular complexity index is 97.0. The van der Waals surface area contributed by atoms with E-state index in [0.29, 0.717) is 4.76 Å². The normalized spacial score (nSPS) is 18.3. The third-order valence-corrected chi connectivity index (χ3v) is 0.525. The highest BCUT2D eigenvalue weighted by atomic mass is 16.5. The van der Waals surface area contributed by atoms with Crippen molar-refractivity contribution in [3.05, 3.63) is 17.4 Å². The summed E-state index contributed by atoms with van der Waals surface area (Å²) in [4.78, 5) is 9.95. The fourth-order valence-electron chi connectivity index (χ4n) is 0.270. The van der Waals surface area contributed by atoms with Crippen molar-refractivity contribution < 1.29 is 9.50 Å². The molecule has 3 heteroatoms. The van der Waals surface area contributed by atoms with E-state index in [1.54, 1.807) is 0 Å². The molecule has 0 aromatic heterocycles. The minimum atomic E-state index is 0.153. The van der Waals surface area contributed by atoms with E-state index in [1.165, 1.54) is 12.5 Å². The van der Waals surface area contributed by atoms with Crippen LogP contribution in [0.4, 0.5) is 0 Å². The van der Waals surface area contributed by atoms with E-state index in [2.05, 4.69) is 4.74 Å². The Hall–Kier alpha value is -0.860. The van der Waals surface area contributed by atoms with Gasteiger partial charge in [-0.2, -0.15) is 0 Å². The van der Waals surface area contributed by atoms with Gasteiger partial charge in [0.15, 0.2) is 6.26 Å². The molecule has 0 saturated heterocycles. The van der Waals surface area contributed by atoms with Gasteiger partial charge in [-0.15, -0.1) is 0 Å². The largest absolute Gasteiger partial charge is 0.434 e. The zero-order valence-corrected chi connectivity index (χ0v) is 3.13. The third-order valence-electron chi connectivity index (χ3n) is 0.525. The number of nitroso groups, excluding NO2 is 1. The van der Waals surface area contributed by atoms with Crippen LogP contribution in [0.5, 0.6) is 0 Å². The zero-order chi connectivity index (χ0) is 4.41. The quantitative estimate of drug-likeness (QED) is 0.395. The molecule has 1 aliphatic heterocycles.